The van der Waals surface area contributed by atoms with Crippen molar-refractivity contribution < 1.29 is 9.53 Å². The zero-order valence-electron chi connectivity index (χ0n) is 8.88. The molecule has 1 saturated carbocycles. The first-order valence-electron chi connectivity index (χ1n) is 5.01. The molecule has 14 heavy (non-hydrogen) atoms. The van der Waals surface area contributed by atoms with Gasteiger partial charge in [0.1, 0.15) is 0 Å². The van der Waals surface area contributed by atoms with E-state index < -0.39 is 0 Å². The van der Waals surface area contributed by atoms with Crippen molar-refractivity contribution in [1.29, 1.82) is 0 Å². The van der Waals surface area contributed by atoms with Crippen LogP contribution >= 0.6 is 12.6 Å². The number of carbonyl (C=O) groups excluding carboxylic acids is 1. The summed E-state index contributed by atoms with van der Waals surface area (Å²) in [5.41, 5.74) is 0.208. The second kappa shape index (κ2) is 5.03. The summed E-state index contributed by atoms with van der Waals surface area (Å²) >= 11 is 4.27. The average molecular weight is 217 g/mol. The maximum atomic E-state index is 11.5. The standard InChI is InChI=1S/C10H19NO2S/c1-8(6-13-2)11-9(12)5-10(7-14)3-4-10/h8,14H,3-7H2,1-2H3,(H,11,12). The summed E-state index contributed by atoms with van der Waals surface area (Å²) in [7, 11) is 1.64. The monoisotopic (exact) mass is 217 g/mol. The molecule has 1 N–H and O–H groups in total. The molecule has 1 amide bonds. The molecule has 1 aliphatic rings. The largest absolute Gasteiger partial charge is 0.383 e. The van der Waals surface area contributed by atoms with Gasteiger partial charge in [-0.2, -0.15) is 12.6 Å². The summed E-state index contributed by atoms with van der Waals surface area (Å²) in [4.78, 5) is 11.5. The molecule has 82 valence electrons. The third-order valence-electron chi connectivity index (χ3n) is 2.65. The Hall–Kier alpha value is -0.220. The number of amides is 1. The van der Waals surface area contributed by atoms with Gasteiger partial charge in [0.05, 0.1) is 6.61 Å². The van der Waals surface area contributed by atoms with E-state index in [0.29, 0.717) is 13.0 Å². The molecule has 1 fully saturated rings. The van der Waals surface area contributed by atoms with E-state index in [4.69, 9.17) is 4.74 Å². The van der Waals surface area contributed by atoms with Crippen LogP contribution in [0.4, 0.5) is 0 Å². The summed E-state index contributed by atoms with van der Waals surface area (Å²) in [6, 6.07) is 0.100. The van der Waals surface area contributed by atoms with Crippen LogP contribution in [0, 0.1) is 5.41 Å². The molecule has 1 unspecified atom stereocenters. The molecular formula is C10H19NO2S. The number of thiol groups is 1. The number of carbonyl (C=O) groups is 1. The molecule has 0 aromatic carbocycles. The maximum Gasteiger partial charge on any atom is 0.220 e. The van der Waals surface area contributed by atoms with Gasteiger partial charge in [-0.05, 0) is 30.9 Å². The van der Waals surface area contributed by atoms with Gasteiger partial charge in [-0.3, -0.25) is 4.79 Å². The minimum absolute atomic E-state index is 0.100. The van der Waals surface area contributed by atoms with Crippen LogP contribution in [0.5, 0.6) is 0 Å². The Morgan fingerprint density at radius 3 is 2.71 bits per heavy atom. The van der Waals surface area contributed by atoms with Gasteiger partial charge >= 0.3 is 0 Å². The van der Waals surface area contributed by atoms with E-state index in [1.54, 1.807) is 7.11 Å². The van der Waals surface area contributed by atoms with E-state index in [2.05, 4.69) is 17.9 Å². The molecule has 0 saturated heterocycles. The summed E-state index contributed by atoms with van der Waals surface area (Å²) < 4.78 is 4.95. The predicted molar refractivity (Wildman–Crippen MR) is 59.6 cm³/mol. The molecule has 3 nitrogen and oxygen atoms in total. The first-order valence-corrected chi connectivity index (χ1v) is 5.64. The molecule has 1 atom stereocenters. The van der Waals surface area contributed by atoms with Gasteiger partial charge in [0.15, 0.2) is 0 Å². The lowest BCUT2D eigenvalue weighted by molar-refractivity contribution is -0.123. The predicted octanol–water partition coefficient (Wildman–Crippen LogP) is 1.24. The Labute approximate surface area is 91.0 Å². The second-order valence-corrected chi connectivity index (χ2v) is 4.58. The van der Waals surface area contributed by atoms with Crippen LogP contribution in [0.25, 0.3) is 0 Å². The van der Waals surface area contributed by atoms with E-state index >= 15 is 0 Å². The Morgan fingerprint density at radius 2 is 2.29 bits per heavy atom. The van der Waals surface area contributed by atoms with Gasteiger partial charge in [0.25, 0.3) is 0 Å². The van der Waals surface area contributed by atoms with E-state index in [0.717, 1.165) is 18.6 Å². The van der Waals surface area contributed by atoms with Crippen LogP contribution in [0.1, 0.15) is 26.2 Å². The molecule has 4 heteroatoms. The van der Waals surface area contributed by atoms with Crippen molar-refractivity contribution in [2.24, 2.45) is 5.41 Å². The maximum absolute atomic E-state index is 11.5. The van der Waals surface area contributed by atoms with Crippen molar-refractivity contribution in [1.82, 2.24) is 5.32 Å². The van der Waals surface area contributed by atoms with Crippen LogP contribution < -0.4 is 5.32 Å². The number of ether oxygens (including phenoxy) is 1. The smallest absolute Gasteiger partial charge is 0.220 e. The first kappa shape index (κ1) is 11.9. The van der Waals surface area contributed by atoms with E-state index in [-0.39, 0.29) is 17.4 Å². The van der Waals surface area contributed by atoms with Crippen molar-refractivity contribution in [2.75, 3.05) is 19.5 Å². The third kappa shape index (κ3) is 3.50. The molecule has 0 aromatic heterocycles. The van der Waals surface area contributed by atoms with Gasteiger partial charge in [0.2, 0.25) is 5.91 Å². The number of rotatable bonds is 6. The van der Waals surface area contributed by atoms with Crippen LogP contribution in [0.15, 0.2) is 0 Å². The summed E-state index contributed by atoms with van der Waals surface area (Å²) in [6.07, 6.45) is 2.90. The lowest BCUT2D eigenvalue weighted by atomic mass is 10.0. The van der Waals surface area contributed by atoms with Gasteiger partial charge in [-0.25, -0.2) is 0 Å². The highest BCUT2D eigenvalue weighted by molar-refractivity contribution is 7.80. The highest BCUT2D eigenvalue weighted by Gasteiger charge is 2.42. The number of hydrogen-bond acceptors (Lipinski definition) is 3. The number of hydrogen-bond donors (Lipinski definition) is 2. The van der Waals surface area contributed by atoms with Crippen LogP contribution in [-0.2, 0) is 9.53 Å². The van der Waals surface area contributed by atoms with E-state index in [1.165, 1.54) is 0 Å². The third-order valence-corrected chi connectivity index (χ3v) is 3.32. The zero-order valence-corrected chi connectivity index (χ0v) is 9.77. The Morgan fingerprint density at radius 1 is 1.64 bits per heavy atom. The lowest BCUT2D eigenvalue weighted by Crippen LogP contribution is -2.36. The minimum Gasteiger partial charge on any atom is -0.383 e. The highest BCUT2D eigenvalue weighted by Crippen LogP contribution is 2.49. The zero-order chi connectivity index (χ0) is 10.6. The first-order chi connectivity index (χ1) is 6.62. The molecule has 0 bridgehead atoms. The van der Waals surface area contributed by atoms with Gasteiger partial charge < -0.3 is 10.1 Å². The summed E-state index contributed by atoms with van der Waals surface area (Å²) in [6.45, 7) is 2.52. The Kier molecular flexibility index (Phi) is 4.26. The summed E-state index contributed by atoms with van der Waals surface area (Å²) in [5.74, 6) is 0.945. The number of nitrogens with one attached hydrogen (secondary N) is 1. The van der Waals surface area contributed by atoms with Crippen molar-refractivity contribution in [2.45, 2.75) is 32.2 Å². The molecule has 0 aromatic rings. The fourth-order valence-electron chi connectivity index (χ4n) is 1.53. The van der Waals surface area contributed by atoms with E-state index in [9.17, 15) is 4.79 Å². The van der Waals surface area contributed by atoms with Crippen molar-refractivity contribution in [3.05, 3.63) is 0 Å². The highest BCUT2D eigenvalue weighted by atomic mass is 32.1. The quantitative estimate of drug-likeness (QED) is 0.657. The van der Waals surface area contributed by atoms with Crippen molar-refractivity contribution in [3.63, 3.8) is 0 Å². The molecule has 1 aliphatic carbocycles. The fourth-order valence-corrected chi connectivity index (χ4v) is 1.95. The molecule has 0 heterocycles. The van der Waals surface area contributed by atoms with Gasteiger partial charge in [0, 0.05) is 19.6 Å². The van der Waals surface area contributed by atoms with Crippen LogP contribution in [0.3, 0.4) is 0 Å². The minimum atomic E-state index is 0.100. The summed E-state index contributed by atoms with van der Waals surface area (Å²) in [5, 5.41) is 2.91. The topological polar surface area (TPSA) is 38.3 Å². The molecule has 0 spiro atoms. The van der Waals surface area contributed by atoms with Crippen LogP contribution in [-0.4, -0.2) is 31.4 Å². The van der Waals surface area contributed by atoms with E-state index in [1.807, 2.05) is 6.92 Å². The average Bonchev–Trinajstić information content (AvgIpc) is 2.85. The molecular weight excluding hydrogens is 198 g/mol. The normalized spacial score (nSPS) is 20.2. The van der Waals surface area contributed by atoms with Crippen LogP contribution in [0.2, 0.25) is 0 Å². The molecule has 1 rings (SSSR count). The molecule has 0 aliphatic heterocycles. The second-order valence-electron chi connectivity index (χ2n) is 4.26. The lowest BCUT2D eigenvalue weighted by Gasteiger charge is -2.15. The Bertz CT molecular complexity index is 204. The Balaban J connectivity index is 2.22. The number of methoxy groups -OCH3 is 1. The van der Waals surface area contributed by atoms with Gasteiger partial charge in [-0.1, -0.05) is 0 Å². The van der Waals surface area contributed by atoms with Crippen molar-refractivity contribution in [3.8, 4) is 0 Å². The fraction of sp³-hybridized carbons (Fsp3) is 0.900. The SMILES string of the molecule is COCC(C)NC(=O)CC1(CS)CC1. The van der Waals surface area contributed by atoms with Crippen molar-refractivity contribution >= 4 is 18.5 Å². The molecule has 0 radical (unpaired) electrons. The van der Waals surface area contributed by atoms with Gasteiger partial charge in [-0.15, -0.1) is 0 Å².